The van der Waals surface area contributed by atoms with Crippen molar-refractivity contribution in [3.05, 3.63) is 11.6 Å². The van der Waals surface area contributed by atoms with Gasteiger partial charge in [0, 0.05) is 0 Å². The van der Waals surface area contributed by atoms with Crippen molar-refractivity contribution in [1.29, 1.82) is 0 Å². The van der Waals surface area contributed by atoms with Crippen LogP contribution in [0.5, 0.6) is 0 Å². The highest BCUT2D eigenvalue weighted by Crippen LogP contribution is 2.67. The molecule has 2 bridgehead atoms. The smallest absolute Gasteiger partial charge is 0.121 e. The number of nitrogens with two attached hydrogens (primary N) is 1. The molecule has 3 N–H and O–H groups in total. The lowest BCUT2D eigenvalue weighted by Gasteiger charge is -2.35. The Morgan fingerprint density at radius 1 is 1.50 bits per heavy atom. The van der Waals surface area contributed by atoms with E-state index in [0.29, 0.717) is 5.41 Å². The van der Waals surface area contributed by atoms with Crippen LogP contribution in [0.1, 0.15) is 40.0 Å². The first-order valence-electron chi connectivity index (χ1n) is 5.53. The summed E-state index contributed by atoms with van der Waals surface area (Å²) < 4.78 is 0. The maximum Gasteiger partial charge on any atom is 0.121 e. The van der Waals surface area contributed by atoms with E-state index in [1.807, 2.05) is 6.08 Å². The molecule has 0 aromatic heterocycles. The highest BCUT2D eigenvalue weighted by molar-refractivity contribution is 5.29. The Balaban J connectivity index is 2.36. The molecule has 0 aromatic rings. The molecule has 14 heavy (non-hydrogen) atoms. The van der Waals surface area contributed by atoms with Crippen molar-refractivity contribution < 1.29 is 5.11 Å². The van der Waals surface area contributed by atoms with Crippen molar-refractivity contribution in [2.75, 3.05) is 0 Å². The van der Waals surface area contributed by atoms with Crippen LogP contribution in [0, 0.1) is 16.7 Å². The molecule has 3 unspecified atom stereocenters. The van der Waals surface area contributed by atoms with Gasteiger partial charge in [-0.15, -0.1) is 0 Å². The molecule has 0 aromatic carbocycles. The van der Waals surface area contributed by atoms with Gasteiger partial charge in [-0.3, -0.25) is 0 Å². The van der Waals surface area contributed by atoms with Gasteiger partial charge in [-0.25, -0.2) is 0 Å². The lowest BCUT2D eigenvalue weighted by molar-refractivity contribution is 0.176. The van der Waals surface area contributed by atoms with Gasteiger partial charge in [-0.05, 0) is 42.1 Å². The van der Waals surface area contributed by atoms with Crippen LogP contribution in [0.25, 0.3) is 0 Å². The molecule has 0 amide bonds. The van der Waals surface area contributed by atoms with Crippen LogP contribution in [-0.2, 0) is 0 Å². The van der Waals surface area contributed by atoms with E-state index < -0.39 is 6.23 Å². The highest BCUT2D eigenvalue weighted by atomic mass is 16.3. The van der Waals surface area contributed by atoms with Crippen molar-refractivity contribution in [2.24, 2.45) is 22.5 Å². The van der Waals surface area contributed by atoms with Crippen LogP contribution in [-0.4, -0.2) is 11.3 Å². The average molecular weight is 195 g/mol. The van der Waals surface area contributed by atoms with Gasteiger partial charge in [0.05, 0.1) is 0 Å². The van der Waals surface area contributed by atoms with Crippen molar-refractivity contribution in [2.45, 2.75) is 46.3 Å². The number of allylic oxidation sites excluding steroid dienone is 1. The quantitative estimate of drug-likeness (QED) is 0.497. The number of aliphatic hydroxyl groups is 1. The molecule has 0 heterocycles. The minimum Gasteiger partial charge on any atom is -0.375 e. The third-order valence-electron chi connectivity index (χ3n) is 4.98. The molecule has 80 valence electrons. The molecule has 2 heteroatoms. The van der Waals surface area contributed by atoms with Gasteiger partial charge in [-0.2, -0.15) is 0 Å². The summed E-state index contributed by atoms with van der Waals surface area (Å²) >= 11 is 0. The van der Waals surface area contributed by atoms with E-state index in [1.165, 1.54) is 18.4 Å². The van der Waals surface area contributed by atoms with E-state index in [9.17, 15) is 5.11 Å². The van der Waals surface area contributed by atoms with Crippen LogP contribution in [0.15, 0.2) is 11.6 Å². The predicted molar refractivity (Wildman–Crippen MR) is 57.5 cm³/mol. The zero-order chi connectivity index (χ0) is 10.6. The summed E-state index contributed by atoms with van der Waals surface area (Å²) in [6, 6.07) is 0. The SMILES string of the molecule is CC12CCC(C/C1=C\C(N)O)C2(C)C. The van der Waals surface area contributed by atoms with Gasteiger partial charge >= 0.3 is 0 Å². The lowest BCUT2D eigenvalue weighted by atomic mass is 9.69. The summed E-state index contributed by atoms with van der Waals surface area (Å²) in [5.41, 5.74) is 7.47. The Morgan fingerprint density at radius 2 is 2.14 bits per heavy atom. The second kappa shape index (κ2) is 2.83. The molecular formula is C12H21NO. The van der Waals surface area contributed by atoms with Gasteiger partial charge in [-0.1, -0.05) is 26.3 Å². The Morgan fingerprint density at radius 3 is 2.50 bits per heavy atom. The molecule has 0 aliphatic heterocycles. The monoisotopic (exact) mass is 195 g/mol. The normalized spacial score (nSPS) is 44.6. The second-order valence-electron chi connectivity index (χ2n) is 5.68. The molecule has 2 aliphatic carbocycles. The predicted octanol–water partition coefficient (Wildman–Crippen LogP) is 2.04. The number of rotatable bonds is 1. The highest BCUT2D eigenvalue weighted by Gasteiger charge is 2.58. The fourth-order valence-corrected chi connectivity index (χ4v) is 3.48. The first-order chi connectivity index (χ1) is 6.38. The van der Waals surface area contributed by atoms with Crippen LogP contribution in [0.4, 0.5) is 0 Å². The Kier molecular flexibility index (Phi) is 2.06. The van der Waals surface area contributed by atoms with E-state index in [1.54, 1.807) is 0 Å². The Hall–Kier alpha value is -0.340. The van der Waals surface area contributed by atoms with Gasteiger partial charge < -0.3 is 10.8 Å². The third-order valence-corrected chi connectivity index (χ3v) is 4.98. The summed E-state index contributed by atoms with van der Waals surface area (Å²) in [5, 5.41) is 9.23. The average Bonchev–Trinajstić information content (AvgIpc) is 2.35. The molecule has 2 fully saturated rings. The Labute approximate surface area is 86.2 Å². The second-order valence-corrected chi connectivity index (χ2v) is 5.68. The molecule has 0 spiro atoms. The fraction of sp³-hybridized carbons (Fsp3) is 0.833. The zero-order valence-electron chi connectivity index (χ0n) is 9.38. The molecule has 3 atom stereocenters. The summed E-state index contributed by atoms with van der Waals surface area (Å²) in [6.07, 6.45) is 4.81. The lowest BCUT2D eigenvalue weighted by Crippen LogP contribution is -2.29. The first kappa shape index (κ1) is 10.2. The van der Waals surface area contributed by atoms with Crippen LogP contribution >= 0.6 is 0 Å². The van der Waals surface area contributed by atoms with Crippen LogP contribution in [0.2, 0.25) is 0 Å². The zero-order valence-corrected chi connectivity index (χ0v) is 9.38. The minimum absolute atomic E-state index is 0.276. The topological polar surface area (TPSA) is 46.2 Å². The largest absolute Gasteiger partial charge is 0.375 e. The van der Waals surface area contributed by atoms with Crippen LogP contribution in [0.3, 0.4) is 0 Å². The number of hydrogen-bond donors (Lipinski definition) is 2. The maximum absolute atomic E-state index is 9.23. The van der Waals surface area contributed by atoms with Crippen molar-refractivity contribution >= 4 is 0 Å². The van der Waals surface area contributed by atoms with Crippen molar-refractivity contribution in [1.82, 2.24) is 0 Å². The van der Waals surface area contributed by atoms with E-state index in [0.717, 1.165) is 12.3 Å². The van der Waals surface area contributed by atoms with Gasteiger partial charge in [0.15, 0.2) is 0 Å². The molecule has 0 saturated heterocycles. The Bertz CT molecular complexity index is 280. The van der Waals surface area contributed by atoms with E-state index in [4.69, 9.17) is 5.73 Å². The summed E-state index contributed by atoms with van der Waals surface area (Å²) in [4.78, 5) is 0. The standard InChI is InChI=1S/C12H21NO/c1-11(2)8-4-5-12(11,3)9(6-8)7-10(13)14/h7-8,10,14H,4-6,13H2,1-3H3/b9-7+. The molecule has 2 rings (SSSR count). The van der Waals surface area contributed by atoms with Crippen LogP contribution < -0.4 is 5.73 Å². The van der Waals surface area contributed by atoms with Gasteiger partial charge in [0.25, 0.3) is 0 Å². The van der Waals surface area contributed by atoms with E-state index >= 15 is 0 Å². The van der Waals surface area contributed by atoms with Gasteiger partial charge in [0.2, 0.25) is 0 Å². The maximum atomic E-state index is 9.23. The molecular weight excluding hydrogens is 174 g/mol. The number of hydrogen-bond acceptors (Lipinski definition) is 2. The van der Waals surface area contributed by atoms with Crippen molar-refractivity contribution in [3.63, 3.8) is 0 Å². The van der Waals surface area contributed by atoms with E-state index in [2.05, 4.69) is 20.8 Å². The molecule has 2 nitrogen and oxygen atoms in total. The number of aliphatic hydroxyl groups excluding tert-OH is 1. The first-order valence-corrected chi connectivity index (χ1v) is 5.53. The summed E-state index contributed by atoms with van der Waals surface area (Å²) in [5.74, 6) is 0.789. The fourth-order valence-electron chi connectivity index (χ4n) is 3.48. The summed E-state index contributed by atoms with van der Waals surface area (Å²) in [6.45, 7) is 7.04. The van der Waals surface area contributed by atoms with E-state index in [-0.39, 0.29) is 5.41 Å². The minimum atomic E-state index is -0.781. The van der Waals surface area contributed by atoms with Gasteiger partial charge in [0.1, 0.15) is 6.23 Å². The van der Waals surface area contributed by atoms with Crippen molar-refractivity contribution in [3.8, 4) is 0 Å². The number of fused-ring (bicyclic) bond motifs is 2. The molecule has 2 saturated carbocycles. The summed E-state index contributed by atoms with van der Waals surface area (Å²) in [7, 11) is 0. The molecule has 2 aliphatic rings. The molecule has 0 radical (unpaired) electrons. The third kappa shape index (κ3) is 1.10.